The van der Waals surface area contributed by atoms with Gasteiger partial charge in [-0.25, -0.2) is 0 Å². The zero-order chi connectivity index (χ0) is 17.2. The summed E-state index contributed by atoms with van der Waals surface area (Å²) < 4.78 is 11.0. The molecule has 0 aliphatic carbocycles. The van der Waals surface area contributed by atoms with Crippen molar-refractivity contribution in [2.75, 3.05) is 0 Å². The van der Waals surface area contributed by atoms with Crippen LogP contribution in [0.25, 0.3) is 0 Å². The summed E-state index contributed by atoms with van der Waals surface area (Å²) in [6.07, 6.45) is 2.08. The van der Waals surface area contributed by atoms with Gasteiger partial charge in [0.2, 0.25) is 0 Å². The minimum atomic E-state index is -0.250. The molecule has 4 nitrogen and oxygen atoms in total. The van der Waals surface area contributed by atoms with Crippen molar-refractivity contribution >= 4 is 5.97 Å². The van der Waals surface area contributed by atoms with Gasteiger partial charge in [0.15, 0.2) is 0 Å². The van der Waals surface area contributed by atoms with Crippen molar-refractivity contribution < 1.29 is 14.3 Å². The number of hydrogen-bond acceptors (Lipinski definition) is 4. The lowest BCUT2D eigenvalue weighted by Crippen LogP contribution is -2.24. The lowest BCUT2D eigenvalue weighted by Gasteiger charge is -2.10. The third-order valence-corrected chi connectivity index (χ3v) is 3.66. The summed E-state index contributed by atoms with van der Waals surface area (Å²) in [5.74, 6) is 0.541. The predicted octanol–water partition coefficient (Wildman–Crippen LogP) is 3.83. The summed E-state index contributed by atoms with van der Waals surface area (Å²) >= 11 is 0. The van der Waals surface area contributed by atoms with Crippen molar-refractivity contribution in [2.45, 2.75) is 45.4 Å². The van der Waals surface area contributed by atoms with Gasteiger partial charge < -0.3 is 15.2 Å². The Balaban J connectivity index is 1.74. The van der Waals surface area contributed by atoms with Crippen molar-refractivity contribution in [3.05, 3.63) is 65.7 Å². The number of hydrogen-bond donors (Lipinski definition) is 1. The quantitative estimate of drug-likeness (QED) is 0.711. The summed E-state index contributed by atoms with van der Waals surface area (Å²) in [4.78, 5) is 11.7. The highest BCUT2D eigenvalue weighted by atomic mass is 16.5. The lowest BCUT2D eigenvalue weighted by molar-refractivity contribution is -0.145. The molecule has 0 amide bonds. The molecule has 128 valence electrons. The van der Waals surface area contributed by atoms with Crippen LogP contribution < -0.4 is 10.5 Å². The maximum Gasteiger partial charge on any atom is 0.307 e. The lowest BCUT2D eigenvalue weighted by atomic mass is 10.1. The Bertz CT molecular complexity index is 611. The molecule has 4 heteroatoms. The molecule has 2 aromatic rings. The van der Waals surface area contributed by atoms with Gasteiger partial charge >= 0.3 is 5.97 Å². The molecule has 0 bridgehead atoms. The first-order valence-electron chi connectivity index (χ1n) is 8.34. The first-order valence-corrected chi connectivity index (χ1v) is 8.34. The molecule has 2 aromatic carbocycles. The minimum absolute atomic E-state index is 0.115. The fourth-order valence-corrected chi connectivity index (χ4v) is 2.33. The van der Waals surface area contributed by atoms with E-state index in [1.165, 1.54) is 0 Å². The summed E-state index contributed by atoms with van der Waals surface area (Å²) in [5, 5.41) is 0. The Morgan fingerprint density at radius 3 is 2.33 bits per heavy atom. The van der Waals surface area contributed by atoms with Crippen molar-refractivity contribution in [3.8, 4) is 5.75 Å². The second-order valence-electron chi connectivity index (χ2n) is 5.83. The molecule has 24 heavy (non-hydrogen) atoms. The van der Waals surface area contributed by atoms with E-state index in [0.717, 1.165) is 29.7 Å². The van der Waals surface area contributed by atoms with Crippen LogP contribution in [0.5, 0.6) is 5.75 Å². The molecule has 2 rings (SSSR count). The number of benzene rings is 2. The molecule has 0 spiro atoms. The zero-order valence-corrected chi connectivity index (χ0v) is 14.1. The molecule has 0 aliphatic rings. The van der Waals surface area contributed by atoms with Crippen LogP contribution in [0.1, 0.15) is 37.3 Å². The Kier molecular flexibility index (Phi) is 7.30. The van der Waals surface area contributed by atoms with Gasteiger partial charge in [0.1, 0.15) is 19.0 Å². The summed E-state index contributed by atoms with van der Waals surface area (Å²) in [5.41, 5.74) is 7.89. The number of esters is 1. The smallest absolute Gasteiger partial charge is 0.307 e. The Morgan fingerprint density at radius 1 is 1.00 bits per heavy atom. The van der Waals surface area contributed by atoms with E-state index in [9.17, 15) is 4.79 Å². The highest BCUT2D eigenvalue weighted by Crippen LogP contribution is 2.15. The van der Waals surface area contributed by atoms with Crippen LogP contribution in [-0.4, -0.2) is 12.0 Å². The van der Waals surface area contributed by atoms with Gasteiger partial charge in [0, 0.05) is 6.04 Å². The van der Waals surface area contributed by atoms with E-state index in [0.29, 0.717) is 6.61 Å². The van der Waals surface area contributed by atoms with E-state index in [-0.39, 0.29) is 25.0 Å². The molecule has 0 saturated carbocycles. The van der Waals surface area contributed by atoms with E-state index in [1.807, 2.05) is 61.5 Å². The third-order valence-electron chi connectivity index (χ3n) is 3.66. The number of rotatable bonds is 9. The average Bonchev–Trinajstić information content (AvgIpc) is 2.60. The molecule has 0 aromatic heterocycles. The van der Waals surface area contributed by atoms with Crippen LogP contribution in [0.2, 0.25) is 0 Å². The molecule has 2 N–H and O–H groups in total. The predicted molar refractivity (Wildman–Crippen MR) is 94.5 cm³/mol. The highest BCUT2D eigenvalue weighted by Gasteiger charge is 2.10. The van der Waals surface area contributed by atoms with Crippen molar-refractivity contribution in [1.29, 1.82) is 0 Å². The number of ether oxygens (including phenoxy) is 2. The van der Waals surface area contributed by atoms with Gasteiger partial charge in [-0.1, -0.05) is 55.8 Å². The number of carbonyl (C=O) groups is 1. The van der Waals surface area contributed by atoms with Crippen molar-refractivity contribution in [3.63, 3.8) is 0 Å². The maximum absolute atomic E-state index is 11.7. The summed E-state index contributed by atoms with van der Waals surface area (Å²) in [6, 6.07) is 17.5. The Hall–Kier alpha value is -2.33. The molecular formula is C20H25NO3. The van der Waals surface area contributed by atoms with E-state index in [1.54, 1.807) is 0 Å². The average molecular weight is 327 g/mol. The van der Waals surface area contributed by atoms with Gasteiger partial charge in [0.25, 0.3) is 0 Å². The van der Waals surface area contributed by atoms with Crippen LogP contribution in [-0.2, 0) is 22.7 Å². The van der Waals surface area contributed by atoms with Gasteiger partial charge in [-0.3, -0.25) is 4.79 Å². The van der Waals surface area contributed by atoms with Gasteiger partial charge in [-0.2, -0.15) is 0 Å². The molecule has 0 aliphatic heterocycles. The molecule has 0 radical (unpaired) electrons. The highest BCUT2D eigenvalue weighted by molar-refractivity contribution is 5.70. The second kappa shape index (κ2) is 9.73. The third kappa shape index (κ3) is 6.42. The van der Waals surface area contributed by atoms with Gasteiger partial charge in [-0.15, -0.1) is 0 Å². The zero-order valence-electron chi connectivity index (χ0n) is 14.1. The topological polar surface area (TPSA) is 61.6 Å². The second-order valence-corrected chi connectivity index (χ2v) is 5.83. The van der Waals surface area contributed by atoms with E-state index < -0.39 is 0 Å². The van der Waals surface area contributed by atoms with Crippen molar-refractivity contribution in [1.82, 2.24) is 0 Å². The molecule has 1 unspecified atom stereocenters. The van der Waals surface area contributed by atoms with E-state index >= 15 is 0 Å². The molecular weight excluding hydrogens is 302 g/mol. The fraction of sp³-hybridized carbons (Fsp3) is 0.350. The van der Waals surface area contributed by atoms with Crippen molar-refractivity contribution in [2.24, 2.45) is 5.73 Å². The van der Waals surface area contributed by atoms with Crippen LogP contribution >= 0.6 is 0 Å². The first kappa shape index (κ1) is 18.0. The monoisotopic (exact) mass is 327 g/mol. The minimum Gasteiger partial charge on any atom is -0.489 e. The fourth-order valence-electron chi connectivity index (χ4n) is 2.33. The SMILES string of the molecule is CCCC(N)CC(=O)OCc1ccc(OCc2ccccc2)cc1. The van der Waals surface area contributed by atoms with E-state index in [2.05, 4.69) is 0 Å². The Labute approximate surface area is 143 Å². The van der Waals surface area contributed by atoms with Crippen LogP contribution in [0.4, 0.5) is 0 Å². The normalized spacial score (nSPS) is 11.8. The summed E-state index contributed by atoms with van der Waals surface area (Å²) in [6.45, 7) is 2.84. The van der Waals surface area contributed by atoms with Crippen LogP contribution in [0.15, 0.2) is 54.6 Å². The first-order chi connectivity index (χ1) is 11.7. The van der Waals surface area contributed by atoms with Crippen LogP contribution in [0, 0.1) is 0 Å². The molecule has 0 heterocycles. The number of carbonyl (C=O) groups excluding carboxylic acids is 1. The standard InChI is InChI=1S/C20H25NO3/c1-2-6-18(21)13-20(22)24-15-17-9-11-19(12-10-17)23-14-16-7-4-3-5-8-16/h3-5,7-12,18H,2,6,13-15,21H2,1H3. The van der Waals surface area contributed by atoms with Gasteiger partial charge in [0.05, 0.1) is 6.42 Å². The molecule has 0 saturated heterocycles. The Morgan fingerprint density at radius 2 is 1.67 bits per heavy atom. The van der Waals surface area contributed by atoms with Gasteiger partial charge in [-0.05, 0) is 29.7 Å². The molecule has 1 atom stereocenters. The summed E-state index contributed by atoms with van der Waals surface area (Å²) in [7, 11) is 0. The maximum atomic E-state index is 11.7. The number of nitrogens with two attached hydrogens (primary N) is 1. The van der Waals surface area contributed by atoms with E-state index in [4.69, 9.17) is 15.2 Å². The largest absolute Gasteiger partial charge is 0.489 e. The van der Waals surface area contributed by atoms with Crippen LogP contribution in [0.3, 0.4) is 0 Å². The molecule has 0 fully saturated rings.